The van der Waals surface area contributed by atoms with Crippen molar-refractivity contribution in [3.05, 3.63) is 12.2 Å². The lowest BCUT2D eigenvalue weighted by molar-refractivity contribution is 0.00896. The van der Waals surface area contributed by atoms with Crippen molar-refractivity contribution in [3.8, 4) is 0 Å². The molecular formula is C13H22O2Si. The van der Waals surface area contributed by atoms with Gasteiger partial charge in [0.05, 0.1) is 0 Å². The van der Waals surface area contributed by atoms with Gasteiger partial charge in [-0.3, -0.25) is 0 Å². The molecule has 0 spiro atoms. The summed E-state index contributed by atoms with van der Waals surface area (Å²) in [5.74, 6) is 2.12. The normalized spacial score (nSPS) is 55.8. The van der Waals surface area contributed by atoms with Gasteiger partial charge in [0.15, 0.2) is 0 Å². The first kappa shape index (κ1) is 11.0. The SMILES string of the molecule is CC1CO[Si](C)(C2CC3C=CC2C3)OC1C. The summed E-state index contributed by atoms with van der Waals surface area (Å²) in [7, 11) is -1.91. The molecule has 3 aliphatic rings. The van der Waals surface area contributed by atoms with Gasteiger partial charge in [0.25, 0.3) is 0 Å². The van der Waals surface area contributed by atoms with E-state index < -0.39 is 8.56 Å². The lowest BCUT2D eigenvalue weighted by atomic mass is 10.1. The molecule has 90 valence electrons. The summed E-state index contributed by atoms with van der Waals surface area (Å²) in [5.41, 5.74) is 0.706. The van der Waals surface area contributed by atoms with E-state index in [-0.39, 0.29) is 0 Å². The Labute approximate surface area is 99.3 Å². The van der Waals surface area contributed by atoms with Crippen LogP contribution < -0.4 is 0 Å². The predicted octanol–water partition coefficient (Wildman–Crippen LogP) is 3.10. The molecule has 1 saturated carbocycles. The van der Waals surface area contributed by atoms with Crippen molar-refractivity contribution in [2.75, 3.05) is 6.61 Å². The molecule has 2 fully saturated rings. The second-order valence-corrected chi connectivity index (χ2v) is 9.31. The van der Waals surface area contributed by atoms with Gasteiger partial charge in [0, 0.05) is 24.2 Å². The van der Waals surface area contributed by atoms with Gasteiger partial charge >= 0.3 is 8.56 Å². The van der Waals surface area contributed by atoms with E-state index in [2.05, 4.69) is 32.5 Å². The monoisotopic (exact) mass is 238 g/mol. The summed E-state index contributed by atoms with van der Waals surface area (Å²) in [6.07, 6.45) is 7.85. The minimum absolute atomic E-state index is 0.383. The average Bonchev–Trinajstić information content (AvgIpc) is 2.86. The average molecular weight is 238 g/mol. The summed E-state index contributed by atoms with van der Waals surface area (Å²) >= 11 is 0. The van der Waals surface area contributed by atoms with Gasteiger partial charge in [-0.2, -0.15) is 0 Å². The third kappa shape index (κ3) is 1.60. The van der Waals surface area contributed by atoms with Crippen LogP contribution in [-0.2, 0) is 8.85 Å². The number of hydrogen-bond acceptors (Lipinski definition) is 2. The highest BCUT2D eigenvalue weighted by Gasteiger charge is 2.53. The molecule has 1 saturated heterocycles. The van der Waals surface area contributed by atoms with Crippen LogP contribution in [0, 0.1) is 17.8 Å². The third-order valence-corrected chi connectivity index (χ3v) is 8.40. The maximum atomic E-state index is 6.31. The maximum Gasteiger partial charge on any atom is 0.339 e. The van der Waals surface area contributed by atoms with Crippen LogP contribution in [0.15, 0.2) is 12.2 Å². The summed E-state index contributed by atoms with van der Waals surface area (Å²) in [6, 6.07) is 0. The molecule has 3 rings (SSSR count). The van der Waals surface area contributed by atoms with Crippen molar-refractivity contribution in [3.63, 3.8) is 0 Å². The summed E-state index contributed by atoms with van der Waals surface area (Å²) in [5, 5.41) is 0. The lowest BCUT2D eigenvalue weighted by Crippen LogP contribution is -2.53. The van der Waals surface area contributed by atoms with E-state index in [4.69, 9.17) is 8.85 Å². The third-order valence-electron chi connectivity index (χ3n) is 4.81. The summed E-state index contributed by atoms with van der Waals surface area (Å²) < 4.78 is 12.5. The van der Waals surface area contributed by atoms with E-state index in [1.54, 1.807) is 0 Å². The van der Waals surface area contributed by atoms with Crippen molar-refractivity contribution < 1.29 is 8.85 Å². The molecule has 2 aliphatic carbocycles. The van der Waals surface area contributed by atoms with Crippen LogP contribution in [0.3, 0.4) is 0 Å². The van der Waals surface area contributed by atoms with Crippen LogP contribution in [-0.4, -0.2) is 21.3 Å². The number of rotatable bonds is 1. The topological polar surface area (TPSA) is 18.5 Å². The zero-order valence-electron chi connectivity index (χ0n) is 10.5. The molecule has 6 atom stereocenters. The van der Waals surface area contributed by atoms with Crippen LogP contribution in [0.2, 0.25) is 12.1 Å². The van der Waals surface area contributed by atoms with Gasteiger partial charge < -0.3 is 8.85 Å². The Morgan fingerprint density at radius 2 is 2.00 bits per heavy atom. The van der Waals surface area contributed by atoms with Gasteiger partial charge in [0.1, 0.15) is 0 Å². The Hall–Kier alpha value is -0.123. The molecule has 3 heteroatoms. The Morgan fingerprint density at radius 3 is 2.56 bits per heavy atom. The highest BCUT2D eigenvalue weighted by molar-refractivity contribution is 6.68. The fourth-order valence-corrected chi connectivity index (χ4v) is 7.31. The Balaban J connectivity index is 1.76. The number of fused-ring (bicyclic) bond motifs is 2. The van der Waals surface area contributed by atoms with Crippen molar-refractivity contribution >= 4 is 8.56 Å². The zero-order valence-corrected chi connectivity index (χ0v) is 11.5. The van der Waals surface area contributed by atoms with Crippen LogP contribution in [0.5, 0.6) is 0 Å². The number of hydrogen-bond donors (Lipinski definition) is 0. The quantitative estimate of drug-likeness (QED) is 0.516. The molecule has 0 aromatic carbocycles. The van der Waals surface area contributed by atoms with Crippen molar-refractivity contribution in [2.45, 2.75) is 44.9 Å². The maximum absolute atomic E-state index is 6.31. The first-order chi connectivity index (χ1) is 7.58. The predicted molar refractivity (Wildman–Crippen MR) is 66.4 cm³/mol. The molecule has 16 heavy (non-hydrogen) atoms. The largest absolute Gasteiger partial charge is 0.394 e. The van der Waals surface area contributed by atoms with Gasteiger partial charge in [0.2, 0.25) is 0 Å². The summed E-state index contributed by atoms with van der Waals surface area (Å²) in [6.45, 7) is 7.62. The van der Waals surface area contributed by atoms with Gasteiger partial charge in [-0.25, -0.2) is 0 Å². The minimum atomic E-state index is -1.91. The van der Waals surface area contributed by atoms with Crippen LogP contribution in [0.1, 0.15) is 26.7 Å². The zero-order chi connectivity index (χ0) is 11.3. The van der Waals surface area contributed by atoms with E-state index in [0.717, 1.165) is 18.4 Å². The van der Waals surface area contributed by atoms with Crippen molar-refractivity contribution in [1.82, 2.24) is 0 Å². The molecule has 0 amide bonds. The van der Waals surface area contributed by atoms with Gasteiger partial charge in [-0.15, -0.1) is 0 Å². The molecule has 0 aromatic rings. The fourth-order valence-electron chi connectivity index (χ4n) is 3.53. The second-order valence-electron chi connectivity index (χ2n) is 6.01. The first-order valence-electron chi connectivity index (χ1n) is 6.58. The first-order valence-corrected chi connectivity index (χ1v) is 8.98. The fraction of sp³-hybridized carbons (Fsp3) is 0.846. The molecule has 6 unspecified atom stereocenters. The Morgan fingerprint density at radius 1 is 1.19 bits per heavy atom. The molecule has 0 aromatic heterocycles. The molecule has 2 bridgehead atoms. The number of allylic oxidation sites excluding steroid dienone is 2. The molecule has 0 radical (unpaired) electrons. The van der Waals surface area contributed by atoms with Crippen LogP contribution in [0.4, 0.5) is 0 Å². The van der Waals surface area contributed by atoms with Crippen LogP contribution in [0.25, 0.3) is 0 Å². The molecular weight excluding hydrogens is 216 g/mol. The van der Waals surface area contributed by atoms with E-state index in [9.17, 15) is 0 Å². The Kier molecular flexibility index (Phi) is 2.53. The van der Waals surface area contributed by atoms with Gasteiger partial charge in [-0.1, -0.05) is 19.1 Å². The highest BCUT2D eigenvalue weighted by Crippen LogP contribution is 2.53. The highest BCUT2D eigenvalue weighted by atomic mass is 28.4. The molecule has 1 aliphatic heterocycles. The van der Waals surface area contributed by atoms with Crippen LogP contribution >= 0.6 is 0 Å². The minimum Gasteiger partial charge on any atom is -0.394 e. The Bertz CT molecular complexity index is 317. The van der Waals surface area contributed by atoms with E-state index in [1.807, 2.05) is 0 Å². The van der Waals surface area contributed by atoms with E-state index in [0.29, 0.717) is 17.6 Å². The van der Waals surface area contributed by atoms with Gasteiger partial charge in [-0.05, 0) is 38.1 Å². The van der Waals surface area contributed by atoms with E-state index in [1.165, 1.54) is 12.8 Å². The van der Waals surface area contributed by atoms with Crippen molar-refractivity contribution in [1.29, 1.82) is 0 Å². The summed E-state index contributed by atoms with van der Waals surface area (Å²) in [4.78, 5) is 0. The second kappa shape index (κ2) is 3.69. The van der Waals surface area contributed by atoms with E-state index >= 15 is 0 Å². The smallest absolute Gasteiger partial charge is 0.339 e. The lowest BCUT2D eigenvalue weighted by Gasteiger charge is -2.43. The van der Waals surface area contributed by atoms with Crippen molar-refractivity contribution in [2.24, 2.45) is 17.8 Å². The molecule has 2 nitrogen and oxygen atoms in total. The standard InChI is InChI=1S/C13H22O2Si/c1-9-8-14-16(3,15-10(9)2)13-7-11-4-5-12(13)6-11/h4-5,9-13H,6-8H2,1-3H3. The molecule has 0 N–H and O–H groups in total. The molecule has 1 heterocycles.